The van der Waals surface area contributed by atoms with Crippen LogP contribution in [-0.2, 0) is 0 Å². The Balaban J connectivity index is 2.31. The second-order valence-corrected chi connectivity index (χ2v) is 6.99. The minimum Gasteiger partial charge on any atom is -0.396 e. The molecule has 0 aliphatic carbocycles. The Morgan fingerprint density at radius 3 is 2.67 bits per heavy atom. The van der Waals surface area contributed by atoms with Crippen molar-refractivity contribution in [3.05, 3.63) is 23.9 Å². The third-order valence-electron chi connectivity index (χ3n) is 4.73. The molecule has 1 heterocycles. The van der Waals surface area contributed by atoms with Gasteiger partial charge in [0.1, 0.15) is 6.23 Å². The van der Waals surface area contributed by atoms with Gasteiger partial charge in [-0.2, -0.15) is 0 Å². The van der Waals surface area contributed by atoms with Crippen LogP contribution >= 0.6 is 0 Å². The molecule has 5 N–H and O–H groups in total. The summed E-state index contributed by atoms with van der Waals surface area (Å²) in [6, 6.07) is 0.425. The summed E-state index contributed by atoms with van der Waals surface area (Å²) in [5.41, 5.74) is 1.94. The van der Waals surface area contributed by atoms with Crippen LogP contribution in [0.4, 0.5) is 0 Å². The van der Waals surface area contributed by atoms with Crippen molar-refractivity contribution in [2.24, 2.45) is 4.99 Å². The summed E-state index contributed by atoms with van der Waals surface area (Å²) in [6.45, 7) is 11.9. The van der Waals surface area contributed by atoms with Gasteiger partial charge in [-0.3, -0.25) is 9.89 Å². The molecule has 2 unspecified atom stereocenters. The molecule has 7 heteroatoms. The van der Waals surface area contributed by atoms with Gasteiger partial charge in [0.2, 0.25) is 0 Å². The second-order valence-electron chi connectivity index (χ2n) is 6.99. The minimum atomic E-state index is -0.600. The molecule has 2 atom stereocenters. The van der Waals surface area contributed by atoms with Crippen LogP contribution in [0.15, 0.2) is 28.9 Å². The van der Waals surface area contributed by atoms with Crippen LogP contribution in [-0.4, -0.2) is 86.5 Å². The molecule has 156 valence electrons. The third-order valence-corrected chi connectivity index (χ3v) is 4.73. The highest BCUT2D eigenvalue weighted by Crippen LogP contribution is 2.14. The summed E-state index contributed by atoms with van der Waals surface area (Å²) in [5.74, 6) is 0. The number of aliphatic imine (C=N–C) groups is 1. The van der Waals surface area contributed by atoms with Crippen molar-refractivity contribution in [1.29, 1.82) is 0 Å². The number of rotatable bonds is 14. The van der Waals surface area contributed by atoms with E-state index in [2.05, 4.69) is 38.6 Å². The summed E-state index contributed by atoms with van der Waals surface area (Å²) >= 11 is 0. The smallest absolute Gasteiger partial charge is 0.121 e. The average molecular weight is 382 g/mol. The van der Waals surface area contributed by atoms with E-state index in [1.807, 2.05) is 13.2 Å². The van der Waals surface area contributed by atoms with Gasteiger partial charge in [-0.05, 0) is 56.8 Å². The maximum absolute atomic E-state index is 9.39. The van der Waals surface area contributed by atoms with Crippen LogP contribution in [0.3, 0.4) is 0 Å². The third kappa shape index (κ3) is 10.6. The maximum Gasteiger partial charge on any atom is 0.121 e. The van der Waals surface area contributed by atoms with Crippen LogP contribution < -0.4 is 16.0 Å². The Labute approximate surface area is 164 Å². The van der Waals surface area contributed by atoms with E-state index >= 15 is 0 Å². The molecule has 0 amide bonds. The SMILES string of the molecule is C=C(CCO)/C(=C/NC(C)O)CCNCCCC(/C=N\C)N1CCNCC1. The van der Waals surface area contributed by atoms with Gasteiger partial charge in [-0.25, -0.2) is 0 Å². The maximum atomic E-state index is 9.39. The summed E-state index contributed by atoms with van der Waals surface area (Å²) < 4.78 is 0. The molecule has 0 spiro atoms. The summed E-state index contributed by atoms with van der Waals surface area (Å²) in [7, 11) is 1.85. The standard InChI is InChI=1S/C20H39N5O2/c1-17(7-14-26)19(15-24-18(2)27)6-9-22-8-4-5-20(16-21-3)25-12-10-23-11-13-25/h15-16,18,20,22-24,26-27H,1,4-14H2,2-3H3/b19-15+,21-16-. The van der Waals surface area contributed by atoms with Crippen LogP contribution in [0.5, 0.6) is 0 Å². The van der Waals surface area contributed by atoms with E-state index in [-0.39, 0.29) is 6.61 Å². The van der Waals surface area contributed by atoms with Gasteiger partial charge < -0.3 is 26.2 Å². The van der Waals surface area contributed by atoms with Crippen molar-refractivity contribution < 1.29 is 10.2 Å². The van der Waals surface area contributed by atoms with Gasteiger partial charge in [0.05, 0.1) is 0 Å². The fourth-order valence-corrected chi connectivity index (χ4v) is 3.19. The molecular formula is C20H39N5O2. The second kappa shape index (κ2) is 14.8. The fraction of sp³-hybridized carbons (Fsp3) is 0.750. The number of nitrogens with zero attached hydrogens (tertiary/aromatic N) is 2. The van der Waals surface area contributed by atoms with E-state index in [1.54, 1.807) is 6.92 Å². The number of hydrogen-bond donors (Lipinski definition) is 5. The predicted octanol–water partition coefficient (Wildman–Crippen LogP) is 0.471. The molecule has 0 radical (unpaired) electrons. The van der Waals surface area contributed by atoms with Crippen molar-refractivity contribution in [1.82, 2.24) is 20.9 Å². The number of nitrogens with one attached hydrogen (secondary N) is 3. The fourth-order valence-electron chi connectivity index (χ4n) is 3.19. The number of aliphatic hydroxyl groups excluding tert-OH is 2. The van der Waals surface area contributed by atoms with Crippen LogP contribution in [0.1, 0.15) is 32.6 Å². The van der Waals surface area contributed by atoms with E-state index in [0.29, 0.717) is 12.5 Å². The molecule has 0 bridgehead atoms. The monoisotopic (exact) mass is 381 g/mol. The zero-order valence-electron chi connectivity index (χ0n) is 17.1. The molecule has 1 saturated heterocycles. The first-order chi connectivity index (χ1) is 13.1. The molecule has 1 aliphatic rings. The molecular weight excluding hydrogens is 342 g/mol. The highest BCUT2D eigenvalue weighted by molar-refractivity contribution is 5.64. The molecule has 0 saturated carbocycles. The summed E-state index contributed by atoms with van der Waals surface area (Å²) in [4.78, 5) is 6.75. The lowest BCUT2D eigenvalue weighted by atomic mass is 10.0. The zero-order valence-corrected chi connectivity index (χ0v) is 17.1. The molecule has 1 aliphatic heterocycles. The molecule has 0 aromatic carbocycles. The topological polar surface area (TPSA) is 92.1 Å². The Kier molecular flexibility index (Phi) is 13.0. The van der Waals surface area contributed by atoms with Crippen LogP contribution in [0.2, 0.25) is 0 Å². The molecule has 1 fully saturated rings. The van der Waals surface area contributed by atoms with Gasteiger partial charge in [0.15, 0.2) is 0 Å². The highest BCUT2D eigenvalue weighted by Gasteiger charge is 2.18. The van der Waals surface area contributed by atoms with E-state index in [0.717, 1.165) is 69.7 Å². The first kappa shape index (κ1) is 23.8. The van der Waals surface area contributed by atoms with Crippen molar-refractivity contribution in [2.45, 2.75) is 44.9 Å². The van der Waals surface area contributed by atoms with Gasteiger partial charge in [-0.15, -0.1) is 0 Å². The van der Waals surface area contributed by atoms with E-state index in [4.69, 9.17) is 5.11 Å². The Hall–Kier alpha value is -1.25. The first-order valence-electron chi connectivity index (χ1n) is 10.1. The van der Waals surface area contributed by atoms with Crippen LogP contribution in [0.25, 0.3) is 0 Å². The van der Waals surface area contributed by atoms with E-state index in [9.17, 15) is 5.11 Å². The highest BCUT2D eigenvalue weighted by atomic mass is 16.3. The van der Waals surface area contributed by atoms with E-state index < -0.39 is 6.23 Å². The van der Waals surface area contributed by atoms with Crippen molar-refractivity contribution in [3.8, 4) is 0 Å². The molecule has 7 nitrogen and oxygen atoms in total. The van der Waals surface area contributed by atoms with Gasteiger partial charge in [0, 0.05) is 58.3 Å². The zero-order chi connectivity index (χ0) is 19.9. The van der Waals surface area contributed by atoms with Gasteiger partial charge in [0.25, 0.3) is 0 Å². The average Bonchev–Trinajstić information content (AvgIpc) is 2.66. The lowest BCUT2D eigenvalue weighted by molar-refractivity contribution is 0.173. The molecule has 1 rings (SSSR count). The molecule has 27 heavy (non-hydrogen) atoms. The molecule has 0 aromatic heterocycles. The summed E-state index contributed by atoms with van der Waals surface area (Å²) in [5, 5.41) is 28.3. The Bertz CT molecular complexity index is 459. The largest absolute Gasteiger partial charge is 0.396 e. The minimum absolute atomic E-state index is 0.0880. The Morgan fingerprint density at radius 1 is 1.30 bits per heavy atom. The number of hydrogen-bond acceptors (Lipinski definition) is 7. The Morgan fingerprint density at radius 2 is 2.04 bits per heavy atom. The number of aliphatic hydroxyl groups is 2. The van der Waals surface area contributed by atoms with Crippen molar-refractivity contribution in [3.63, 3.8) is 0 Å². The quantitative estimate of drug-likeness (QED) is 0.130. The van der Waals surface area contributed by atoms with Crippen molar-refractivity contribution in [2.75, 3.05) is 52.9 Å². The lowest BCUT2D eigenvalue weighted by Gasteiger charge is -2.32. The number of piperazine rings is 1. The van der Waals surface area contributed by atoms with E-state index in [1.165, 1.54) is 0 Å². The van der Waals surface area contributed by atoms with Gasteiger partial charge in [-0.1, -0.05) is 6.58 Å². The molecule has 0 aromatic rings. The first-order valence-corrected chi connectivity index (χ1v) is 10.1. The van der Waals surface area contributed by atoms with Crippen molar-refractivity contribution >= 4 is 6.21 Å². The predicted molar refractivity (Wildman–Crippen MR) is 113 cm³/mol. The summed E-state index contributed by atoms with van der Waals surface area (Å²) in [6.07, 6.45) is 6.86. The normalized spacial score (nSPS) is 18.6. The van der Waals surface area contributed by atoms with Gasteiger partial charge >= 0.3 is 0 Å². The van der Waals surface area contributed by atoms with Crippen LogP contribution in [0, 0.1) is 0 Å². The lowest BCUT2D eigenvalue weighted by Crippen LogP contribution is -2.49.